The van der Waals surface area contributed by atoms with Crippen LogP contribution in [0.2, 0.25) is 0 Å². The Balaban J connectivity index is 2.73. The van der Waals surface area contributed by atoms with E-state index >= 15 is 0 Å². The van der Waals surface area contributed by atoms with Crippen molar-refractivity contribution in [3.8, 4) is 0 Å². The minimum absolute atomic E-state index is 0.192. The van der Waals surface area contributed by atoms with Crippen LogP contribution >= 0.6 is 0 Å². The molecule has 1 aromatic heterocycles. The van der Waals surface area contributed by atoms with E-state index in [1.165, 1.54) is 6.07 Å². The van der Waals surface area contributed by atoms with E-state index in [2.05, 4.69) is 10.2 Å². The van der Waals surface area contributed by atoms with Gasteiger partial charge in [0, 0.05) is 0 Å². The van der Waals surface area contributed by atoms with Crippen LogP contribution in [0.15, 0.2) is 6.07 Å². The summed E-state index contributed by atoms with van der Waals surface area (Å²) in [5.74, 6) is -0.481. The van der Waals surface area contributed by atoms with E-state index in [-0.39, 0.29) is 5.69 Å². The van der Waals surface area contributed by atoms with Crippen molar-refractivity contribution in [2.75, 3.05) is 6.61 Å². The maximum absolute atomic E-state index is 11.1. The lowest BCUT2D eigenvalue weighted by molar-refractivity contribution is 0.0519. The lowest BCUT2D eigenvalue weighted by Crippen LogP contribution is -2.04. The number of hydrogen-bond acceptors (Lipinski definition) is 4. The molecular formula is C8H12N2O3. The summed E-state index contributed by atoms with van der Waals surface area (Å²) in [6.07, 6.45) is -0.657. The lowest BCUT2D eigenvalue weighted by atomic mass is 10.2. The van der Waals surface area contributed by atoms with Crippen LogP contribution in [0.5, 0.6) is 0 Å². The van der Waals surface area contributed by atoms with Crippen LogP contribution in [0.3, 0.4) is 0 Å². The van der Waals surface area contributed by atoms with Gasteiger partial charge in [0.25, 0.3) is 0 Å². The van der Waals surface area contributed by atoms with E-state index in [4.69, 9.17) is 9.84 Å². The molecule has 0 saturated heterocycles. The van der Waals surface area contributed by atoms with E-state index in [1.54, 1.807) is 13.8 Å². The van der Waals surface area contributed by atoms with Gasteiger partial charge in [0.15, 0.2) is 5.69 Å². The van der Waals surface area contributed by atoms with Gasteiger partial charge in [0.1, 0.15) is 0 Å². The van der Waals surface area contributed by atoms with Gasteiger partial charge in [-0.25, -0.2) is 4.79 Å². The maximum atomic E-state index is 11.1. The number of aromatic nitrogens is 2. The van der Waals surface area contributed by atoms with Crippen molar-refractivity contribution in [3.63, 3.8) is 0 Å². The average Bonchev–Trinajstić information content (AvgIpc) is 2.52. The van der Waals surface area contributed by atoms with Crippen LogP contribution in [0.25, 0.3) is 0 Å². The van der Waals surface area contributed by atoms with E-state index in [0.717, 1.165) is 0 Å². The molecule has 0 aliphatic rings. The number of nitrogens with one attached hydrogen (secondary N) is 1. The zero-order valence-electron chi connectivity index (χ0n) is 7.57. The molecule has 0 bridgehead atoms. The minimum atomic E-state index is -0.657. The fourth-order valence-electron chi connectivity index (χ4n) is 0.860. The third kappa shape index (κ3) is 2.29. The summed E-state index contributed by atoms with van der Waals surface area (Å²) in [5.41, 5.74) is 0.695. The molecule has 5 heteroatoms. The number of carbonyl (C=O) groups is 1. The number of nitrogens with zero attached hydrogens (tertiary/aromatic N) is 1. The molecule has 0 aliphatic carbocycles. The van der Waals surface area contributed by atoms with Gasteiger partial charge in [-0.3, -0.25) is 5.10 Å². The van der Waals surface area contributed by atoms with Crippen LogP contribution in [-0.2, 0) is 4.74 Å². The summed E-state index contributed by atoms with van der Waals surface area (Å²) in [5, 5.41) is 15.4. The normalized spacial score (nSPS) is 12.5. The predicted molar refractivity (Wildman–Crippen MR) is 45.2 cm³/mol. The summed E-state index contributed by atoms with van der Waals surface area (Å²) < 4.78 is 4.72. The van der Waals surface area contributed by atoms with Crippen molar-refractivity contribution in [2.24, 2.45) is 0 Å². The smallest absolute Gasteiger partial charge is 0.358 e. The highest BCUT2D eigenvalue weighted by atomic mass is 16.5. The van der Waals surface area contributed by atoms with Gasteiger partial charge in [0.2, 0.25) is 0 Å². The molecular weight excluding hydrogens is 172 g/mol. The SMILES string of the molecule is CCOC(=O)c1cc([C@H](C)O)[nH]n1. The van der Waals surface area contributed by atoms with Gasteiger partial charge >= 0.3 is 5.97 Å². The Morgan fingerprint density at radius 3 is 3.00 bits per heavy atom. The molecule has 0 radical (unpaired) electrons. The first-order chi connectivity index (χ1) is 6.15. The molecule has 0 unspecified atom stereocenters. The molecule has 0 amide bonds. The monoisotopic (exact) mass is 184 g/mol. The number of aromatic amines is 1. The molecule has 1 aromatic rings. The van der Waals surface area contributed by atoms with Gasteiger partial charge in [-0.2, -0.15) is 5.10 Å². The molecule has 0 saturated carbocycles. The van der Waals surface area contributed by atoms with Crippen molar-refractivity contribution in [3.05, 3.63) is 17.5 Å². The largest absolute Gasteiger partial charge is 0.461 e. The van der Waals surface area contributed by atoms with Crippen LogP contribution in [-0.4, -0.2) is 27.9 Å². The Hall–Kier alpha value is -1.36. The van der Waals surface area contributed by atoms with Crippen LogP contribution < -0.4 is 0 Å². The first kappa shape index (κ1) is 9.73. The summed E-state index contributed by atoms with van der Waals surface area (Å²) in [7, 11) is 0. The highest BCUT2D eigenvalue weighted by molar-refractivity contribution is 5.87. The van der Waals surface area contributed by atoms with Crippen molar-refractivity contribution in [1.82, 2.24) is 10.2 Å². The molecule has 1 atom stereocenters. The molecule has 0 aliphatic heterocycles. The first-order valence-corrected chi connectivity index (χ1v) is 4.05. The molecule has 0 aromatic carbocycles. The third-order valence-electron chi connectivity index (χ3n) is 1.53. The van der Waals surface area contributed by atoms with Gasteiger partial charge < -0.3 is 9.84 Å². The van der Waals surface area contributed by atoms with Gasteiger partial charge in [-0.15, -0.1) is 0 Å². The quantitative estimate of drug-likeness (QED) is 0.676. The highest BCUT2D eigenvalue weighted by Crippen LogP contribution is 2.09. The fraction of sp³-hybridized carbons (Fsp3) is 0.500. The lowest BCUT2D eigenvalue weighted by Gasteiger charge is -1.96. The zero-order chi connectivity index (χ0) is 9.84. The second-order valence-corrected chi connectivity index (χ2v) is 2.60. The van der Waals surface area contributed by atoms with Gasteiger partial charge in [-0.05, 0) is 19.9 Å². The number of hydrogen-bond donors (Lipinski definition) is 2. The summed E-state index contributed by atoms with van der Waals surface area (Å²) in [6.45, 7) is 3.62. The molecule has 2 N–H and O–H groups in total. The standard InChI is InChI=1S/C8H12N2O3/c1-3-13-8(12)7-4-6(5(2)11)9-10-7/h4-5,11H,3H2,1-2H3,(H,9,10)/t5-/m0/s1. The molecule has 1 rings (SSSR count). The summed E-state index contributed by atoms with van der Waals surface area (Å²) in [4.78, 5) is 11.1. The van der Waals surface area contributed by atoms with Crippen molar-refractivity contribution >= 4 is 5.97 Å². The zero-order valence-corrected chi connectivity index (χ0v) is 7.57. The number of carbonyl (C=O) groups excluding carboxylic acids is 1. The van der Waals surface area contributed by atoms with E-state index < -0.39 is 12.1 Å². The highest BCUT2D eigenvalue weighted by Gasteiger charge is 2.12. The van der Waals surface area contributed by atoms with E-state index in [1.807, 2.05) is 0 Å². The summed E-state index contributed by atoms with van der Waals surface area (Å²) >= 11 is 0. The number of esters is 1. The van der Waals surface area contributed by atoms with Crippen molar-refractivity contribution in [1.29, 1.82) is 0 Å². The third-order valence-corrected chi connectivity index (χ3v) is 1.53. The topological polar surface area (TPSA) is 75.2 Å². The Labute approximate surface area is 75.7 Å². The summed E-state index contributed by atoms with van der Waals surface area (Å²) in [6, 6.07) is 1.47. The van der Waals surface area contributed by atoms with Crippen LogP contribution in [0.4, 0.5) is 0 Å². The molecule has 1 heterocycles. The second-order valence-electron chi connectivity index (χ2n) is 2.60. The fourth-order valence-corrected chi connectivity index (χ4v) is 0.860. The number of aliphatic hydroxyl groups is 1. The minimum Gasteiger partial charge on any atom is -0.461 e. The average molecular weight is 184 g/mol. The Morgan fingerprint density at radius 2 is 2.54 bits per heavy atom. The number of aliphatic hydroxyl groups excluding tert-OH is 1. The molecule has 0 fully saturated rings. The Bertz CT molecular complexity index is 293. The predicted octanol–water partition coefficient (Wildman–Crippen LogP) is 0.640. The number of ether oxygens (including phenoxy) is 1. The van der Waals surface area contributed by atoms with E-state index in [9.17, 15) is 4.79 Å². The van der Waals surface area contributed by atoms with Crippen molar-refractivity contribution < 1.29 is 14.6 Å². The second kappa shape index (κ2) is 4.04. The number of H-pyrrole nitrogens is 1. The Morgan fingerprint density at radius 1 is 1.85 bits per heavy atom. The van der Waals surface area contributed by atoms with Gasteiger partial charge in [0.05, 0.1) is 18.4 Å². The molecule has 13 heavy (non-hydrogen) atoms. The van der Waals surface area contributed by atoms with Crippen LogP contribution in [0, 0.1) is 0 Å². The van der Waals surface area contributed by atoms with Crippen molar-refractivity contribution in [2.45, 2.75) is 20.0 Å². The Kier molecular flexibility index (Phi) is 3.02. The molecule has 5 nitrogen and oxygen atoms in total. The van der Waals surface area contributed by atoms with Gasteiger partial charge in [-0.1, -0.05) is 0 Å². The maximum Gasteiger partial charge on any atom is 0.358 e. The molecule has 72 valence electrons. The first-order valence-electron chi connectivity index (χ1n) is 4.05. The van der Waals surface area contributed by atoms with Crippen LogP contribution in [0.1, 0.15) is 36.1 Å². The molecule has 0 spiro atoms. The number of rotatable bonds is 3. The van der Waals surface area contributed by atoms with E-state index in [0.29, 0.717) is 12.3 Å².